The normalized spacial score (nSPS) is 20.6. The fourth-order valence-electron chi connectivity index (χ4n) is 2.35. The highest BCUT2D eigenvalue weighted by molar-refractivity contribution is 7.90. The third-order valence-corrected chi connectivity index (χ3v) is 4.23. The molecule has 1 heterocycles. The molecule has 0 atom stereocenters. The van der Waals surface area contributed by atoms with E-state index in [4.69, 9.17) is 9.47 Å². The van der Waals surface area contributed by atoms with E-state index in [1.54, 1.807) is 6.08 Å². The van der Waals surface area contributed by atoms with Gasteiger partial charge in [-0.15, -0.1) is 0 Å². The van der Waals surface area contributed by atoms with Gasteiger partial charge in [-0.25, -0.2) is 12.8 Å². The first-order valence-electron chi connectivity index (χ1n) is 5.44. The van der Waals surface area contributed by atoms with E-state index in [1.165, 1.54) is 12.1 Å². The highest BCUT2D eigenvalue weighted by atomic mass is 32.2. The van der Waals surface area contributed by atoms with Crippen LogP contribution in [0.15, 0.2) is 23.1 Å². The van der Waals surface area contributed by atoms with E-state index >= 15 is 0 Å². The molecule has 0 bridgehead atoms. The van der Waals surface area contributed by atoms with Crippen LogP contribution in [0.3, 0.4) is 0 Å². The first-order valence-corrected chi connectivity index (χ1v) is 7.33. The molecule has 1 fully saturated rings. The van der Waals surface area contributed by atoms with E-state index < -0.39 is 21.4 Å². The molecule has 18 heavy (non-hydrogen) atoms. The second kappa shape index (κ2) is 3.63. The highest BCUT2D eigenvalue weighted by Crippen LogP contribution is 2.44. The zero-order chi connectivity index (χ0) is 13.0. The number of halogens is 1. The van der Waals surface area contributed by atoms with Gasteiger partial charge in [-0.05, 0) is 24.3 Å². The Hall–Kier alpha value is -1.24. The van der Waals surface area contributed by atoms with E-state index in [9.17, 15) is 12.8 Å². The van der Waals surface area contributed by atoms with Crippen LogP contribution in [0.25, 0.3) is 6.08 Å². The zero-order valence-electron chi connectivity index (χ0n) is 9.64. The fraction of sp³-hybridized carbons (Fsp3) is 0.333. The molecule has 1 aromatic carbocycles. The third kappa shape index (κ3) is 1.53. The van der Waals surface area contributed by atoms with Crippen LogP contribution in [-0.4, -0.2) is 27.9 Å². The molecule has 2 aliphatic rings. The summed E-state index contributed by atoms with van der Waals surface area (Å²) in [5.74, 6) is -1.72. The maximum Gasteiger partial charge on any atom is 0.217 e. The summed E-state index contributed by atoms with van der Waals surface area (Å²) < 4.78 is 48.3. The molecule has 0 saturated carbocycles. The summed E-state index contributed by atoms with van der Waals surface area (Å²) >= 11 is 0. The highest BCUT2D eigenvalue weighted by Gasteiger charge is 2.45. The number of fused-ring (bicyclic) bond motifs is 2. The molecule has 0 unspecified atom stereocenters. The summed E-state index contributed by atoms with van der Waals surface area (Å²) in [6.45, 7) is 0.701. The van der Waals surface area contributed by atoms with E-state index in [-0.39, 0.29) is 16.0 Å². The van der Waals surface area contributed by atoms with Crippen molar-refractivity contribution in [3.05, 3.63) is 35.2 Å². The van der Waals surface area contributed by atoms with Crippen LogP contribution in [0.4, 0.5) is 4.39 Å². The Balaban J connectivity index is 2.33. The van der Waals surface area contributed by atoms with Crippen molar-refractivity contribution in [1.82, 2.24) is 0 Å². The lowest BCUT2D eigenvalue weighted by Gasteiger charge is -2.23. The minimum absolute atomic E-state index is 0.0470. The maximum atomic E-state index is 13.7. The first kappa shape index (κ1) is 11.8. The molecule has 1 saturated heterocycles. The molecule has 1 aliphatic heterocycles. The first-order chi connectivity index (χ1) is 8.44. The minimum Gasteiger partial charge on any atom is -0.340 e. The van der Waals surface area contributed by atoms with Gasteiger partial charge in [0.25, 0.3) is 0 Å². The lowest BCUT2D eigenvalue weighted by Crippen LogP contribution is -2.25. The van der Waals surface area contributed by atoms with Crippen molar-refractivity contribution < 1.29 is 22.3 Å². The van der Waals surface area contributed by atoms with Gasteiger partial charge in [-0.2, -0.15) is 0 Å². The summed E-state index contributed by atoms with van der Waals surface area (Å²) in [5, 5.41) is 0. The number of ether oxygens (including phenoxy) is 2. The molecule has 96 valence electrons. The Bertz CT molecular complexity index is 642. The average molecular weight is 270 g/mol. The molecule has 0 N–H and O–H groups in total. The lowest BCUT2D eigenvalue weighted by atomic mass is 10.1. The van der Waals surface area contributed by atoms with Gasteiger partial charge in [0.05, 0.1) is 18.1 Å². The predicted molar refractivity (Wildman–Crippen MR) is 62.1 cm³/mol. The third-order valence-electron chi connectivity index (χ3n) is 3.09. The van der Waals surface area contributed by atoms with Crippen LogP contribution < -0.4 is 0 Å². The van der Waals surface area contributed by atoms with Gasteiger partial charge in [0, 0.05) is 17.4 Å². The van der Waals surface area contributed by atoms with Crippen molar-refractivity contribution in [2.24, 2.45) is 0 Å². The number of benzene rings is 1. The summed E-state index contributed by atoms with van der Waals surface area (Å²) in [4.78, 5) is 0.0470. The monoisotopic (exact) mass is 270 g/mol. The van der Waals surface area contributed by atoms with Gasteiger partial charge in [-0.1, -0.05) is 0 Å². The molecular formula is C12H11FO4S. The number of hydrogen-bond acceptors (Lipinski definition) is 4. The Morgan fingerprint density at radius 1 is 1.28 bits per heavy atom. The minimum atomic E-state index is -3.47. The van der Waals surface area contributed by atoms with Crippen LogP contribution in [0.1, 0.15) is 11.1 Å². The number of sulfone groups is 1. The molecule has 0 radical (unpaired) electrons. The Morgan fingerprint density at radius 3 is 2.56 bits per heavy atom. The molecule has 1 spiro atoms. The van der Waals surface area contributed by atoms with Gasteiger partial charge >= 0.3 is 0 Å². The molecule has 1 aromatic rings. The van der Waals surface area contributed by atoms with Crippen molar-refractivity contribution in [2.45, 2.75) is 10.7 Å². The van der Waals surface area contributed by atoms with E-state index in [0.717, 1.165) is 12.3 Å². The maximum absolute atomic E-state index is 13.7. The molecule has 0 aromatic heterocycles. The fourth-order valence-corrected chi connectivity index (χ4v) is 3.29. The van der Waals surface area contributed by atoms with Crippen molar-refractivity contribution in [3.63, 3.8) is 0 Å². The summed E-state index contributed by atoms with van der Waals surface area (Å²) in [6, 6.07) is 2.40. The van der Waals surface area contributed by atoms with Gasteiger partial charge in [0.1, 0.15) is 5.82 Å². The number of rotatable bonds is 1. The average Bonchev–Trinajstić information content (AvgIpc) is 2.88. The van der Waals surface area contributed by atoms with E-state index in [1.807, 2.05) is 0 Å². The Labute approximate surface area is 104 Å². The SMILES string of the molecule is CS(=O)(=O)c1ccc(F)c2c1C1(C=C2)OCCO1. The van der Waals surface area contributed by atoms with E-state index in [2.05, 4.69) is 0 Å². The van der Waals surface area contributed by atoms with Crippen LogP contribution in [0.2, 0.25) is 0 Å². The van der Waals surface area contributed by atoms with Crippen LogP contribution in [-0.2, 0) is 25.1 Å². The standard InChI is InChI=1S/C12H11FO4S/c1-18(14,15)10-3-2-9(13)8-4-5-12(11(8)10)16-6-7-17-12/h2-5H,6-7H2,1H3. The quantitative estimate of drug-likeness (QED) is 0.725. The van der Waals surface area contributed by atoms with Crippen molar-refractivity contribution >= 4 is 15.9 Å². The molecule has 3 rings (SSSR count). The molecular weight excluding hydrogens is 259 g/mol. The summed E-state index contributed by atoms with van der Waals surface area (Å²) in [6.07, 6.45) is 4.15. The Morgan fingerprint density at radius 2 is 1.94 bits per heavy atom. The summed E-state index contributed by atoms with van der Waals surface area (Å²) in [7, 11) is -3.47. The summed E-state index contributed by atoms with van der Waals surface area (Å²) in [5.41, 5.74) is 0.474. The largest absolute Gasteiger partial charge is 0.340 e. The smallest absolute Gasteiger partial charge is 0.217 e. The molecule has 4 nitrogen and oxygen atoms in total. The van der Waals surface area contributed by atoms with Gasteiger partial charge in [0.2, 0.25) is 5.79 Å². The molecule has 6 heteroatoms. The predicted octanol–water partition coefficient (Wildman–Crippen LogP) is 1.46. The van der Waals surface area contributed by atoms with Gasteiger partial charge in [-0.3, -0.25) is 0 Å². The van der Waals surface area contributed by atoms with E-state index in [0.29, 0.717) is 13.2 Å². The van der Waals surface area contributed by atoms with Crippen molar-refractivity contribution in [3.8, 4) is 0 Å². The second-order valence-electron chi connectivity index (χ2n) is 4.30. The van der Waals surface area contributed by atoms with Gasteiger partial charge < -0.3 is 9.47 Å². The molecule has 1 aliphatic carbocycles. The lowest BCUT2D eigenvalue weighted by molar-refractivity contribution is -0.122. The molecule has 0 amide bonds. The van der Waals surface area contributed by atoms with Crippen molar-refractivity contribution in [1.29, 1.82) is 0 Å². The second-order valence-corrected chi connectivity index (χ2v) is 6.29. The van der Waals surface area contributed by atoms with Gasteiger partial charge in [0.15, 0.2) is 9.84 Å². The Kier molecular flexibility index (Phi) is 2.38. The van der Waals surface area contributed by atoms with Crippen LogP contribution >= 0.6 is 0 Å². The zero-order valence-corrected chi connectivity index (χ0v) is 10.5. The topological polar surface area (TPSA) is 52.6 Å². The van der Waals surface area contributed by atoms with Crippen LogP contribution in [0, 0.1) is 5.82 Å². The van der Waals surface area contributed by atoms with Crippen LogP contribution in [0.5, 0.6) is 0 Å². The number of hydrogen-bond donors (Lipinski definition) is 0. The van der Waals surface area contributed by atoms with Crippen molar-refractivity contribution in [2.75, 3.05) is 19.5 Å².